The normalized spacial score (nSPS) is 14.8. The second kappa shape index (κ2) is 13.0. The summed E-state index contributed by atoms with van der Waals surface area (Å²) >= 11 is 0. The number of pyridine rings is 1. The maximum atomic E-state index is 11.9. The van der Waals surface area contributed by atoms with E-state index in [9.17, 15) is 14.4 Å². The molecule has 0 unspecified atom stereocenters. The Labute approximate surface area is 188 Å². The van der Waals surface area contributed by atoms with E-state index in [1.807, 2.05) is 0 Å². The maximum absolute atomic E-state index is 11.9. The summed E-state index contributed by atoms with van der Waals surface area (Å²) < 4.78 is 0. The molecule has 1 saturated carbocycles. The number of nitrogens with one attached hydrogen (secondary N) is 3. The lowest BCUT2D eigenvalue weighted by molar-refractivity contribution is -0.139. The molecule has 1 aliphatic carbocycles. The van der Waals surface area contributed by atoms with Crippen LogP contribution in [-0.4, -0.2) is 23.5 Å². The fourth-order valence-electron chi connectivity index (χ4n) is 3.97. The lowest BCUT2D eigenvalue weighted by Gasteiger charge is -2.15. The van der Waals surface area contributed by atoms with Crippen LogP contribution in [0.4, 0.5) is 17.1 Å². The van der Waals surface area contributed by atoms with Crippen LogP contribution < -0.4 is 27.0 Å². The number of aromatic nitrogens is 1. The summed E-state index contributed by atoms with van der Waals surface area (Å²) in [5.74, 6) is -0.0368. The zero-order chi connectivity index (χ0) is 22.6. The molecule has 1 aliphatic rings. The number of hydrogen-bond acceptors (Lipinski definition) is 7. The number of nitrogens with zero attached hydrogens (tertiary/aromatic N) is 1. The van der Waals surface area contributed by atoms with Crippen molar-refractivity contribution in [3.8, 4) is 0 Å². The Kier molecular flexibility index (Phi) is 9.68. The van der Waals surface area contributed by atoms with Crippen LogP contribution in [0.5, 0.6) is 0 Å². The Hall–Kier alpha value is -2.74. The zero-order valence-electron chi connectivity index (χ0n) is 18.7. The van der Waals surface area contributed by atoms with Gasteiger partial charge in [-0.2, -0.15) is 0 Å². The highest BCUT2D eigenvalue weighted by molar-refractivity contribution is 5.78. The molecule has 3 N–H and O–H groups in total. The molecule has 0 spiro atoms. The Bertz CT molecular complexity index is 901. The second-order valence-corrected chi connectivity index (χ2v) is 8.47. The van der Waals surface area contributed by atoms with Crippen molar-refractivity contribution in [2.24, 2.45) is 0 Å². The lowest BCUT2D eigenvalue weighted by atomic mass is 10.1. The highest BCUT2D eigenvalue weighted by atomic mass is 16.7. The van der Waals surface area contributed by atoms with Gasteiger partial charge in [-0.3, -0.25) is 24.2 Å². The highest BCUT2D eigenvalue weighted by Crippen LogP contribution is 2.20. The van der Waals surface area contributed by atoms with Gasteiger partial charge in [0.1, 0.15) is 11.4 Å². The average Bonchev–Trinajstić information content (AvgIpc) is 3.10. The molecule has 32 heavy (non-hydrogen) atoms. The highest BCUT2D eigenvalue weighted by Gasteiger charge is 2.20. The first kappa shape index (κ1) is 23.9. The molecule has 174 valence electrons. The van der Waals surface area contributed by atoms with Gasteiger partial charge in [-0.25, -0.2) is 5.48 Å². The quantitative estimate of drug-likeness (QED) is 0.186. The SMILES string of the molecule is O=C(CCCCCCCNc1c(Nc2ccncc2)c(=O)c1=O)NOC1CCCCCC1. The second-order valence-electron chi connectivity index (χ2n) is 8.47. The summed E-state index contributed by atoms with van der Waals surface area (Å²) in [4.78, 5) is 45.1. The van der Waals surface area contributed by atoms with E-state index in [1.165, 1.54) is 25.7 Å². The van der Waals surface area contributed by atoms with E-state index in [1.54, 1.807) is 24.5 Å². The van der Waals surface area contributed by atoms with Crippen molar-refractivity contribution in [3.63, 3.8) is 0 Å². The first-order valence-electron chi connectivity index (χ1n) is 11.8. The molecule has 0 saturated heterocycles. The van der Waals surface area contributed by atoms with Gasteiger partial charge in [-0.1, -0.05) is 44.9 Å². The fraction of sp³-hybridized carbons (Fsp3) is 0.583. The number of anilines is 3. The van der Waals surface area contributed by atoms with Crippen LogP contribution in [0.25, 0.3) is 0 Å². The van der Waals surface area contributed by atoms with Crippen LogP contribution in [0.2, 0.25) is 0 Å². The Morgan fingerprint density at radius 1 is 0.906 bits per heavy atom. The van der Waals surface area contributed by atoms with Crippen molar-refractivity contribution in [1.82, 2.24) is 10.5 Å². The molecular formula is C24H34N4O4. The van der Waals surface area contributed by atoms with Gasteiger partial charge in [0.15, 0.2) is 0 Å². The zero-order valence-corrected chi connectivity index (χ0v) is 18.7. The molecule has 1 aromatic heterocycles. The minimum Gasteiger partial charge on any atom is -0.380 e. The van der Waals surface area contributed by atoms with E-state index in [4.69, 9.17) is 4.84 Å². The third-order valence-corrected chi connectivity index (χ3v) is 5.88. The van der Waals surface area contributed by atoms with Crippen molar-refractivity contribution in [3.05, 3.63) is 45.0 Å². The number of amides is 1. The molecule has 0 atom stereocenters. The number of hydrogen-bond donors (Lipinski definition) is 3. The van der Waals surface area contributed by atoms with Gasteiger partial charge in [-0.15, -0.1) is 0 Å². The van der Waals surface area contributed by atoms with Crippen molar-refractivity contribution in [2.45, 2.75) is 83.2 Å². The van der Waals surface area contributed by atoms with E-state index in [0.717, 1.165) is 50.6 Å². The molecule has 1 fully saturated rings. The van der Waals surface area contributed by atoms with Crippen LogP contribution >= 0.6 is 0 Å². The monoisotopic (exact) mass is 442 g/mol. The Morgan fingerprint density at radius 2 is 1.56 bits per heavy atom. The first-order valence-corrected chi connectivity index (χ1v) is 11.8. The molecule has 2 aromatic rings. The molecule has 0 radical (unpaired) electrons. The smallest absolute Gasteiger partial charge is 0.253 e. The summed E-state index contributed by atoms with van der Waals surface area (Å²) in [5.41, 5.74) is 3.05. The number of rotatable bonds is 13. The van der Waals surface area contributed by atoms with Gasteiger partial charge in [-0.05, 0) is 37.8 Å². The average molecular weight is 443 g/mol. The summed E-state index contributed by atoms with van der Waals surface area (Å²) in [5, 5.41) is 6.06. The van der Waals surface area contributed by atoms with Crippen LogP contribution in [0.3, 0.4) is 0 Å². The van der Waals surface area contributed by atoms with Crippen LogP contribution in [0, 0.1) is 0 Å². The van der Waals surface area contributed by atoms with Crippen LogP contribution in [0.15, 0.2) is 34.1 Å². The molecular weight excluding hydrogens is 408 g/mol. The minimum atomic E-state index is -0.495. The molecule has 0 aliphatic heterocycles. The number of hydroxylamine groups is 1. The largest absolute Gasteiger partial charge is 0.380 e. The minimum absolute atomic E-state index is 0.0368. The van der Waals surface area contributed by atoms with Gasteiger partial charge in [0.2, 0.25) is 5.91 Å². The van der Waals surface area contributed by atoms with Crippen LogP contribution in [0.1, 0.15) is 77.0 Å². The van der Waals surface area contributed by atoms with Crippen molar-refractivity contribution >= 4 is 23.0 Å². The summed E-state index contributed by atoms with van der Waals surface area (Å²) in [6, 6.07) is 3.48. The molecule has 8 nitrogen and oxygen atoms in total. The maximum Gasteiger partial charge on any atom is 0.253 e. The van der Waals surface area contributed by atoms with Crippen LogP contribution in [-0.2, 0) is 9.63 Å². The molecule has 1 heterocycles. The van der Waals surface area contributed by atoms with E-state index in [0.29, 0.717) is 24.3 Å². The summed E-state index contributed by atoms with van der Waals surface area (Å²) in [7, 11) is 0. The van der Waals surface area contributed by atoms with Crippen molar-refractivity contribution < 1.29 is 9.63 Å². The van der Waals surface area contributed by atoms with E-state index >= 15 is 0 Å². The molecule has 8 heteroatoms. The third-order valence-electron chi connectivity index (χ3n) is 5.88. The topological polar surface area (TPSA) is 109 Å². The van der Waals surface area contributed by atoms with Crippen molar-refractivity contribution in [1.29, 1.82) is 0 Å². The molecule has 0 bridgehead atoms. The predicted molar refractivity (Wildman–Crippen MR) is 126 cm³/mol. The molecule has 1 aromatic carbocycles. The summed E-state index contributed by atoms with van der Waals surface area (Å²) in [6.07, 6.45) is 15.6. The standard InChI is InChI=1S/C24H34N4O4/c29-20(28-32-19-10-6-3-4-7-11-19)12-8-2-1-5-9-15-26-21-22(24(31)23(21)30)27-18-13-16-25-17-14-18/h13-14,16-17,19,26H,1-12,15H2,(H,25,27)(H,28,29). The third kappa shape index (κ3) is 7.44. The van der Waals surface area contributed by atoms with Crippen molar-refractivity contribution in [2.75, 3.05) is 17.2 Å². The fourth-order valence-corrected chi connectivity index (χ4v) is 3.97. The Morgan fingerprint density at radius 3 is 2.31 bits per heavy atom. The number of unbranched alkanes of at least 4 members (excludes halogenated alkanes) is 4. The summed E-state index contributed by atoms with van der Waals surface area (Å²) in [6.45, 7) is 0.631. The Balaban J connectivity index is 1.22. The van der Waals surface area contributed by atoms with Gasteiger partial charge in [0.05, 0.1) is 6.10 Å². The number of carbonyl (C=O) groups excluding carboxylic acids is 1. The van der Waals surface area contributed by atoms with Gasteiger partial charge >= 0.3 is 0 Å². The van der Waals surface area contributed by atoms with E-state index < -0.39 is 10.9 Å². The first-order chi connectivity index (χ1) is 15.6. The lowest BCUT2D eigenvalue weighted by Crippen LogP contribution is -2.36. The van der Waals surface area contributed by atoms with E-state index in [-0.39, 0.29) is 12.0 Å². The molecule has 1 amide bonds. The van der Waals surface area contributed by atoms with Gasteiger partial charge in [0.25, 0.3) is 10.9 Å². The predicted octanol–water partition coefficient (Wildman–Crippen LogP) is 3.94. The van der Waals surface area contributed by atoms with E-state index in [2.05, 4.69) is 21.1 Å². The van der Waals surface area contributed by atoms with Gasteiger partial charge in [0, 0.05) is 31.0 Å². The van der Waals surface area contributed by atoms with Gasteiger partial charge < -0.3 is 10.6 Å². The number of carbonyl (C=O) groups is 1. The molecule has 3 rings (SSSR count).